The van der Waals surface area contributed by atoms with E-state index in [2.05, 4.69) is 20.9 Å². The summed E-state index contributed by atoms with van der Waals surface area (Å²) in [5, 5.41) is 0.650. The number of H-pyrrole nitrogens is 1. The fourth-order valence-corrected chi connectivity index (χ4v) is 2.83. The average molecular weight is 349 g/mol. The van der Waals surface area contributed by atoms with Crippen LogP contribution in [-0.2, 0) is 0 Å². The van der Waals surface area contributed by atoms with Crippen LogP contribution >= 0.6 is 27.7 Å². The Kier molecular flexibility index (Phi) is 3.89. The van der Waals surface area contributed by atoms with Crippen molar-refractivity contribution in [3.63, 3.8) is 0 Å². The number of nitrogens with one attached hydrogen (secondary N) is 1. The van der Waals surface area contributed by atoms with Crippen LogP contribution in [0.15, 0.2) is 62.6 Å². The number of aromatic amines is 1. The molecule has 0 radical (unpaired) electrons. The number of thioether (sulfide) groups is 1. The molecule has 5 heteroatoms. The SMILES string of the molecule is O=C(CSc1[nH+]c2ccccc2o1)c1ccc(Br)cc1. The monoisotopic (exact) mass is 348 g/mol. The lowest BCUT2D eigenvalue weighted by Gasteiger charge is -1.97. The Bertz CT molecular complexity index is 719. The summed E-state index contributed by atoms with van der Waals surface area (Å²) in [6.45, 7) is 0. The van der Waals surface area contributed by atoms with Crippen molar-refractivity contribution in [1.82, 2.24) is 0 Å². The summed E-state index contributed by atoms with van der Waals surface area (Å²) in [5.74, 6) is 0.425. The molecule has 3 nitrogen and oxygen atoms in total. The van der Waals surface area contributed by atoms with Crippen molar-refractivity contribution < 1.29 is 14.2 Å². The first-order valence-corrected chi connectivity index (χ1v) is 7.83. The van der Waals surface area contributed by atoms with Crippen LogP contribution in [0.4, 0.5) is 0 Å². The summed E-state index contributed by atoms with van der Waals surface area (Å²) in [5.41, 5.74) is 2.44. The quantitative estimate of drug-likeness (QED) is 0.529. The van der Waals surface area contributed by atoms with E-state index in [4.69, 9.17) is 4.42 Å². The van der Waals surface area contributed by atoms with Gasteiger partial charge in [-0.05, 0) is 30.0 Å². The van der Waals surface area contributed by atoms with E-state index in [9.17, 15) is 4.79 Å². The van der Waals surface area contributed by atoms with Crippen molar-refractivity contribution in [3.05, 3.63) is 58.6 Å². The smallest absolute Gasteiger partial charge is 0.393 e. The van der Waals surface area contributed by atoms with Gasteiger partial charge in [-0.2, -0.15) is 4.98 Å². The third-order valence-electron chi connectivity index (χ3n) is 2.83. The summed E-state index contributed by atoms with van der Waals surface area (Å²) in [6, 6.07) is 15.1. The van der Waals surface area contributed by atoms with Gasteiger partial charge in [0.05, 0.1) is 5.75 Å². The highest BCUT2D eigenvalue weighted by Crippen LogP contribution is 2.20. The molecule has 0 saturated carbocycles. The van der Waals surface area contributed by atoms with Crippen LogP contribution in [0.5, 0.6) is 0 Å². The first kappa shape index (κ1) is 13.4. The minimum atomic E-state index is 0.0800. The summed E-state index contributed by atoms with van der Waals surface area (Å²) >= 11 is 4.72. The largest absolute Gasteiger partial charge is 0.411 e. The Labute approximate surface area is 128 Å². The van der Waals surface area contributed by atoms with Gasteiger partial charge in [0.15, 0.2) is 5.78 Å². The molecule has 0 atom stereocenters. The maximum atomic E-state index is 12.1. The second kappa shape index (κ2) is 5.81. The summed E-state index contributed by atoms with van der Waals surface area (Å²) in [6.07, 6.45) is 0. The maximum Gasteiger partial charge on any atom is 0.411 e. The third-order valence-corrected chi connectivity index (χ3v) is 4.21. The number of hydrogen-bond acceptors (Lipinski definition) is 3. The Balaban J connectivity index is 1.69. The highest BCUT2D eigenvalue weighted by molar-refractivity contribution is 9.10. The van der Waals surface area contributed by atoms with Gasteiger partial charge in [-0.15, -0.1) is 0 Å². The lowest BCUT2D eigenvalue weighted by Crippen LogP contribution is -2.05. The molecule has 0 aliphatic carbocycles. The van der Waals surface area contributed by atoms with Crippen molar-refractivity contribution in [1.29, 1.82) is 0 Å². The second-order valence-corrected chi connectivity index (χ2v) is 6.09. The van der Waals surface area contributed by atoms with Crippen LogP contribution in [0.25, 0.3) is 11.1 Å². The average Bonchev–Trinajstić information content (AvgIpc) is 2.88. The summed E-state index contributed by atoms with van der Waals surface area (Å²) < 4.78 is 6.59. The predicted octanol–water partition coefficient (Wildman–Crippen LogP) is 3.98. The lowest BCUT2D eigenvalue weighted by atomic mass is 10.2. The molecule has 20 heavy (non-hydrogen) atoms. The number of fused-ring (bicyclic) bond motifs is 1. The Morgan fingerprint density at radius 3 is 2.65 bits per heavy atom. The van der Waals surface area contributed by atoms with Gasteiger partial charge >= 0.3 is 5.22 Å². The standard InChI is InChI=1S/C15H10BrNO2S/c16-11-7-5-10(6-8-11)13(18)9-20-15-17-12-3-1-2-4-14(12)19-15/h1-8H,9H2/p+1. The van der Waals surface area contributed by atoms with Gasteiger partial charge in [0.25, 0.3) is 0 Å². The minimum Gasteiger partial charge on any atom is -0.393 e. The van der Waals surface area contributed by atoms with E-state index < -0.39 is 0 Å². The molecule has 3 aromatic rings. The van der Waals surface area contributed by atoms with Gasteiger partial charge < -0.3 is 4.42 Å². The number of ketones is 1. The number of hydrogen-bond donors (Lipinski definition) is 0. The molecule has 0 saturated heterocycles. The molecular formula is C15H11BrNO2S+. The minimum absolute atomic E-state index is 0.0800. The molecular weight excluding hydrogens is 338 g/mol. The van der Waals surface area contributed by atoms with Gasteiger partial charge in [0, 0.05) is 16.1 Å². The molecule has 1 heterocycles. The van der Waals surface area contributed by atoms with E-state index in [1.165, 1.54) is 11.8 Å². The van der Waals surface area contributed by atoms with Crippen LogP contribution in [0.1, 0.15) is 10.4 Å². The number of para-hydroxylation sites is 2. The zero-order valence-electron chi connectivity index (χ0n) is 10.4. The zero-order valence-corrected chi connectivity index (χ0v) is 12.8. The topological polar surface area (TPSA) is 44.4 Å². The molecule has 0 aliphatic rings. The lowest BCUT2D eigenvalue weighted by molar-refractivity contribution is -0.411. The van der Waals surface area contributed by atoms with Gasteiger partial charge in [-0.3, -0.25) is 4.79 Å². The molecule has 2 aromatic carbocycles. The first-order valence-electron chi connectivity index (χ1n) is 6.05. The van der Waals surface area contributed by atoms with E-state index in [-0.39, 0.29) is 5.78 Å². The van der Waals surface area contributed by atoms with E-state index in [1.54, 1.807) is 0 Å². The van der Waals surface area contributed by atoms with Crippen molar-refractivity contribution >= 4 is 44.6 Å². The zero-order chi connectivity index (χ0) is 13.9. The van der Waals surface area contributed by atoms with Crippen LogP contribution in [0.2, 0.25) is 0 Å². The second-order valence-electron chi connectivity index (χ2n) is 4.23. The molecule has 0 unspecified atom stereocenters. The van der Waals surface area contributed by atoms with Gasteiger partial charge in [-0.25, -0.2) is 0 Å². The molecule has 0 amide bonds. The van der Waals surface area contributed by atoms with Crippen LogP contribution < -0.4 is 4.98 Å². The molecule has 1 N–H and O–H groups in total. The van der Waals surface area contributed by atoms with Gasteiger partial charge in [-0.1, -0.05) is 40.2 Å². The number of rotatable bonds is 4. The van der Waals surface area contributed by atoms with Crippen molar-refractivity contribution in [2.45, 2.75) is 5.22 Å². The molecule has 1 aromatic heterocycles. The Morgan fingerprint density at radius 1 is 1.15 bits per heavy atom. The molecule has 100 valence electrons. The number of aromatic nitrogens is 1. The molecule has 0 bridgehead atoms. The van der Waals surface area contributed by atoms with Crippen molar-refractivity contribution in [2.75, 3.05) is 5.75 Å². The van der Waals surface area contributed by atoms with E-state index in [0.29, 0.717) is 16.5 Å². The first-order chi connectivity index (χ1) is 9.72. The molecule has 0 aliphatic heterocycles. The molecule has 0 fully saturated rings. The number of Topliss-reactive ketones (excluding diaryl/α,β-unsaturated/α-hetero) is 1. The fraction of sp³-hybridized carbons (Fsp3) is 0.0667. The summed E-state index contributed by atoms with van der Waals surface area (Å²) in [7, 11) is 0. The Hall–Kier alpha value is -1.59. The highest BCUT2D eigenvalue weighted by atomic mass is 79.9. The van der Waals surface area contributed by atoms with E-state index in [1.807, 2.05) is 48.5 Å². The van der Waals surface area contributed by atoms with Gasteiger partial charge in [0.2, 0.25) is 11.1 Å². The Morgan fingerprint density at radius 2 is 1.90 bits per heavy atom. The van der Waals surface area contributed by atoms with Crippen LogP contribution in [-0.4, -0.2) is 11.5 Å². The van der Waals surface area contributed by atoms with E-state index in [0.717, 1.165) is 15.6 Å². The maximum absolute atomic E-state index is 12.1. The number of carbonyl (C=O) groups is 1. The van der Waals surface area contributed by atoms with Crippen LogP contribution in [0, 0.1) is 0 Å². The van der Waals surface area contributed by atoms with Crippen LogP contribution in [0.3, 0.4) is 0 Å². The normalized spacial score (nSPS) is 10.8. The number of halogens is 1. The van der Waals surface area contributed by atoms with Crippen molar-refractivity contribution in [3.8, 4) is 0 Å². The number of carbonyl (C=O) groups excluding carboxylic acids is 1. The molecule has 0 spiro atoms. The number of oxazole rings is 1. The van der Waals surface area contributed by atoms with Gasteiger partial charge in [0.1, 0.15) is 0 Å². The predicted molar refractivity (Wildman–Crippen MR) is 82.0 cm³/mol. The van der Waals surface area contributed by atoms with E-state index >= 15 is 0 Å². The fourth-order valence-electron chi connectivity index (χ4n) is 1.81. The number of benzene rings is 2. The van der Waals surface area contributed by atoms with Crippen molar-refractivity contribution in [2.24, 2.45) is 0 Å². The molecule has 3 rings (SSSR count). The highest BCUT2D eigenvalue weighted by Gasteiger charge is 2.15. The summed E-state index contributed by atoms with van der Waals surface area (Å²) in [4.78, 5) is 15.2. The third kappa shape index (κ3) is 2.94.